The van der Waals surface area contributed by atoms with Gasteiger partial charge in [-0.1, -0.05) is 58.0 Å². The molecule has 1 aromatic carbocycles. The summed E-state index contributed by atoms with van der Waals surface area (Å²) in [7, 11) is 6.84. The third-order valence-corrected chi connectivity index (χ3v) is 19.2. The summed E-state index contributed by atoms with van der Waals surface area (Å²) in [5.74, 6) is -4.27. The predicted molar refractivity (Wildman–Crippen MR) is 306 cm³/mol. The number of hydrogen-bond donors (Lipinski definition) is 3. The van der Waals surface area contributed by atoms with Crippen molar-refractivity contribution in [2.45, 2.75) is 235 Å². The zero-order valence-electron chi connectivity index (χ0n) is 51.9. The Morgan fingerprint density at radius 2 is 1.45 bits per heavy atom. The molecule has 23 nitrogen and oxygen atoms in total. The largest absolute Gasteiger partial charge is 0.458 e. The fraction of sp³-hybridized carbons (Fsp3) is 0.758. The van der Waals surface area contributed by atoms with E-state index < -0.39 is 145 Å². The molecule has 6 aliphatic heterocycles. The van der Waals surface area contributed by atoms with Crippen LogP contribution >= 0.6 is 0 Å². The van der Waals surface area contributed by atoms with Gasteiger partial charge in [0.05, 0.1) is 60.5 Å². The van der Waals surface area contributed by atoms with Crippen LogP contribution in [0, 0.1) is 23.7 Å². The minimum absolute atomic E-state index is 0.0216. The molecule has 8 heterocycles. The summed E-state index contributed by atoms with van der Waals surface area (Å²) >= 11 is 0. The first kappa shape index (κ1) is 65.1. The standard InChI is InChI=1S/C62H93N5O18/c1-15-43-62(10)51(67(59(73)85-62)27-20-19-26-66-32-64-40-24-21-25-63-54(40)66)35(4)45(68)33(2)29-60(8,74-13)52(83-57-46(69)41(65(11)12)28-34(3)77-57)36(5)49(37(6)55(72)80-43)81-44-30-61(9,75-14)53(38(7)78-44)84-58-48(71)47(70)50-42(79-58)31-76-56(82-50)39-22-17-16-18-23-39/h16-18,21-25,32-38,41-44,46-53,56-58,69-71H,15,19-20,26-31H2,1-14H3/t33-,34-,35+,36+,37-,38+,41+,42-,43-,44+,46-,47-,48-,49+,50-,51-,52-,53+,56?,57+,58+,60-,61-,62-/m1/s1. The molecule has 0 bridgehead atoms. The lowest BCUT2D eigenvalue weighted by Crippen LogP contribution is -2.65. The van der Waals surface area contributed by atoms with Gasteiger partial charge in [0.1, 0.15) is 54.0 Å². The first-order valence-electron chi connectivity index (χ1n) is 30.4. The number of likely N-dealkylation sites (N-methyl/N-ethyl adjacent to an activating group) is 1. The van der Waals surface area contributed by atoms with Gasteiger partial charge in [-0.3, -0.25) is 9.59 Å². The summed E-state index contributed by atoms with van der Waals surface area (Å²) in [5.41, 5.74) is -1.74. The van der Waals surface area contributed by atoms with Gasteiger partial charge in [0.2, 0.25) is 0 Å². The Bertz CT molecular complexity index is 2720. The summed E-state index contributed by atoms with van der Waals surface area (Å²) in [5, 5.41) is 35.2. The Morgan fingerprint density at radius 3 is 2.14 bits per heavy atom. The van der Waals surface area contributed by atoms with E-state index in [4.69, 9.17) is 56.8 Å². The molecule has 24 atom stereocenters. The average molecular weight is 1200 g/mol. The molecule has 23 heteroatoms. The molecule has 3 N–H and O–H groups in total. The van der Waals surface area contributed by atoms with Gasteiger partial charge in [-0.05, 0) is 99.9 Å². The number of rotatable bonds is 16. The number of esters is 1. The van der Waals surface area contributed by atoms with Crippen LogP contribution in [0.5, 0.6) is 0 Å². The molecular formula is C62H93N5O18. The third-order valence-electron chi connectivity index (χ3n) is 19.2. The molecular weight excluding hydrogens is 1100 g/mol. The number of ketones is 1. The van der Waals surface area contributed by atoms with E-state index in [1.165, 1.54) is 7.11 Å². The fourth-order valence-corrected chi connectivity index (χ4v) is 14.3. The van der Waals surface area contributed by atoms with Crippen LogP contribution in [0.2, 0.25) is 0 Å². The summed E-state index contributed by atoms with van der Waals surface area (Å²) in [4.78, 5) is 57.6. The first-order valence-corrected chi connectivity index (χ1v) is 30.4. The number of nitrogens with zero attached hydrogens (tertiary/aromatic N) is 5. The van der Waals surface area contributed by atoms with Gasteiger partial charge in [0.15, 0.2) is 36.4 Å². The molecule has 0 saturated carbocycles. The van der Waals surface area contributed by atoms with Crippen molar-refractivity contribution in [3.05, 3.63) is 60.6 Å². The number of carbonyl (C=O) groups excluding carboxylic acids is 3. The molecule has 9 rings (SSSR count). The minimum Gasteiger partial charge on any atom is -0.458 e. The fourth-order valence-electron chi connectivity index (χ4n) is 14.3. The second-order valence-corrected chi connectivity index (χ2v) is 25.5. The molecule has 474 valence electrons. The van der Waals surface area contributed by atoms with E-state index in [0.29, 0.717) is 25.8 Å². The maximum Gasteiger partial charge on any atom is 0.410 e. The lowest BCUT2D eigenvalue weighted by Gasteiger charge is -2.52. The number of hydrogen-bond acceptors (Lipinski definition) is 21. The Kier molecular flexibility index (Phi) is 20.5. The van der Waals surface area contributed by atoms with Gasteiger partial charge in [0, 0.05) is 69.3 Å². The molecule has 85 heavy (non-hydrogen) atoms. The number of Topliss-reactive ketones (excluding diaryl/α,β-unsaturated/α-hetero) is 1. The Morgan fingerprint density at radius 1 is 0.765 bits per heavy atom. The van der Waals surface area contributed by atoms with Crippen LogP contribution in [-0.4, -0.2) is 214 Å². The summed E-state index contributed by atoms with van der Waals surface area (Å²) in [6, 6.07) is 11.8. The van der Waals surface area contributed by atoms with E-state index in [1.807, 2.05) is 114 Å². The maximum atomic E-state index is 15.3. The number of unbranched alkanes of at least 4 members (excludes halogenated alkanes) is 1. The lowest BCUT2D eigenvalue weighted by atomic mass is 9.73. The van der Waals surface area contributed by atoms with Crippen LogP contribution < -0.4 is 0 Å². The quantitative estimate of drug-likeness (QED) is 0.114. The van der Waals surface area contributed by atoms with Crippen molar-refractivity contribution in [3.63, 3.8) is 0 Å². The van der Waals surface area contributed by atoms with E-state index in [0.717, 1.165) is 16.7 Å². The number of fused-ring (bicyclic) bond motifs is 3. The molecule has 6 saturated heterocycles. The number of imidazole rings is 1. The number of pyridine rings is 1. The Hall–Kier alpha value is -4.31. The number of amides is 1. The van der Waals surface area contributed by atoms with Gasteiger partial charge in [-0.15, -0.1) is 0 Å². The SMILES string of the molecule is CC[C@H]1OC(=O)[C@H](C)[C@@H](O[C@H]2C[C@@](C)(OC)[C@@H](O[C@@H]3O[C@@H]4COC(c5ccccc5)O[C@H]4[C@H](O)[C@H]3O)[C@H](C)O2)[C@H](C)[C@@H](O[C@@H]2O[C@H](C)C[C@H](N(C)C)[C@H]2O)[C@](C)(OC)C[C@@H](C)C(=O)[C@H](C)[C@H]2N(CCCCn3cnc4cccnc43)C(=O)O[C@]12C. The predicted octanol–water partition coefficient (Wildman–Crippen LogP) is 5.72. The molecule has 0 spiro atoms. The second kappa shape index (κ2) is 26.8. The number of aryl methyl sites for hydroxylation is 1. The van der Waals surface area contributed by atoms with Crippen molar-refractivity contribution in [2.24, 2.45) is 23.7 Å². The first-order chi connectivity index (χ1) is 40.4. The van der Waals surface area contributed by atoms with Gasteiger partial charge in [-0.2, -0.15) is 0 Å². The average Bonchev–Trinajstić information content (AvgIpc) is 2.27. The molecule has 1 unspecified atom stereocenters. The zero-order chi connectivity index (χ0) is 61.4. The zero-order valence-corrected chi connectivity index (χ0v) is 51.9. The van der Waals surface area contributed by atoms with Crippen LogP contribution in [0.25, 0.3) is 11.2 Å². The number of methoxy groups -OCH3 is 2. The third kappa shape index (κ3) is 13.2. The van der Waals surface area contributed by atoms with E-state index in [-0.39, 0.29) is 50.3 Å². The highest BCUT2D eigenvalue weighted by Crippen LogP contribution is 2.46. The van der Waals surface area contributed by atoms with Crippen molar-refractivity contribution in [1.29, 1.82) is 0 Å². The van der Waals surface area contributed by atoms with Crippen LogP contribution in [0.15, 0.2) is 55.0 Å². The highest BCUT2D eigenvalue weighted by atomic mass is 16.8. The molecule has 0 aliphatic carbocycles. The van der Waals surface area contributed by atoms with Gasteiger partial charge < -0.3 is 86.5 Å². The number of cyclic esters (lactones) is 1. The van der Waals surface area contributed by atoms with Crippen molar-refractivity contribution >= 4 is 29.0 Å². The number of aliphatic hydroxyl groups is 3. The number of benzene rings is 1. The maximum absolute atomic E-state index is 15.3. The summed E-state index contributed by atoms with van der Waals surface area (Å²) in [6.45, 7) is 19.1. The number of aromatic nitrogens is 3. The highest BCUT2D eigenvalue weighted by molar-refractivity contribution is 5.85. The number of carbonyl (C=O) groups is 3. The lowest BCUT2D eigenvalue weighted by molar-refractivity contribution is -0.387. The second-order valence-electron chi connectivity index (χ2n) is 25.5. The van der Waals surface area contributed by atoms with Crippen molar-refractivity contribution in [3.8, 4) is 0 Å². The highest BCUT2D eigenvalue weighted by Gasteiger charge is 2.61. The van der Waals surface area contributed by atoms with Gasteiger partial charge in [0.25, 0.3) is 0 Å². The summed E-state index contributed by atoms with van der Waals surface area (Å²) in [6.07, 6.45) is -10.5. The van der Waals surface area contributed by atoms with E-state index in [9.17, 15) is 20.1 Å². The topological polar surface area (TPSA) is 260 Å². The molecule has 1 amide bonds. The van der Waals surface area contributed by atoms with E-state index in [2.05, 4.69) is 9.97 Å². The van der Waals surface area contributed by atoms with Crippen LogP contribution in [0.1, 0.15) is 120 Å². The Labute approximate surface area is 499 Å². The molecule has 2 aromatic heterocycles. The van der Waals surface area contributed by atoms with Crippen LogP contribution in [0.4, 0.5) is 4.79 Å². The molecule has 6 aliphatic rings. The van der Waals surface area contributed by atoms with Gasteiger partial charge >= 0.3 is 12.1 Å². The van der Waals surface area contributed by atoms with E-state index in [1.54, 1.807) is 45.3 Å². The summed E-state index contributed by atoms with van der Waals surface area (Å²) < 4.78 is 80.3. The van der Waals surface area contributed by atoms with E-state index >= 15 is 9.59 Å². The van der Waals surface area contributed by atoms with Crippen molar-refractivity contribution in [1.82, 2.24) is 24.3 Å². The van der Waals surface area contributed by atoms with Crippen LogP contribution in [0.3, 0.4) is 0 Å². The molecule has 3 aromatic rings. The van der Waals surface area contributed by atoms with Crippen molar-refractivity contribution < 1.29 is 86.5 Å². The minimum atomic E-state index is -1.54. The monoisotopic (exact) mass is 1200 g/mol. The van der Waals surface area contributed by atoms with Gasteiger partial charge in [-0.25, -0.2) is 14.8 Å². The Balaban J connectivity index is 1.01. The number of aliphatic hydroxyl groups excluding tert-OH is 3. The number of ether oxygens (including phenoxy) is 12. The molecule has 0 radical (unpaired) electrons. The van der Waals surface area contributed by atoms with Crippen molar-refractivity contribution in [2.75, 3.05) is 41.5 Å². The molecule has 6 fully saturated rings. The normalized spacial score (nSPS) is 42.4. The van der Waals surface area contributed by atoms with Crippen LogP contribution in [-0.2, 0) is 73.0 Å². The smallest absolute Gasteiger partial charge is 0.410 e.